The largest absolute Gasteiger partial charge is 0.374 e. The monoisotopic (exact) mass is 238 g/mol. The molecule has 0 aromatic carbocycles. The first-order valence-electron chi connectivity index (χ1n) is 6.33. The molecule has 17 heavy (non-hydrogen) atoms. The van der Waals surface area contributed by atoms with Gasteiger partial charge in [0.15, 0.2) is 0 Å². The number of aryl methyl sites for hydroxylation is 1. The average Bonchev–Trinajstić information content (AvgIpc) is 2.76. The molecular formula is C12H22N4O. The Balaban J connectivity index is 1.70. The second-order valence-corrected chi connectivity index (χ2v) is 4.54. The average molecular weight is 238 g/mol. The van der Waals surface area contributed by atoms with Crippen molar-refractivity contribution in [3.63, 3.8) is 0 Å². The number of nitrogens with one attached hydrogen (secondary N) is 2. The van der Waals surface area contributed by atoms with E-state index in [0.717, 1.165) is 45.0 Å². The summed E-state index contributed by atoms with van der Waals surface area (Å²) in [6, 6.07) is 0. The fourth-order valence-corrected chi connectivity index (χ4v) is 2.11. The van der Waals surface area contributed by atoms with Crippen molar-refractivity contribution >= 4 is 0 Å². The van der Waals surface area contributed by atoms with E-state index in [0.29, 0.717) is 6.10 Å². The molecule has 1 saturated heterocycles. The predicted octanol–water partition coefficient (Wildman–Crippen LogP) is 0.528. The van der Waals surface area contributed by atoms with Gasteiger partial charge in [-0.3, -0.25) is 10.00 Å². The van der Waals surface area contributed by atoms with E-state index < -0.39 is 0 Å². The van der Waals surface area contributed by atoms with Crippen molar-refractivity contribution in [1.29, 1.82) is 0 Å². The van der Waals surface area contributed by atoms with Crippen molar-refractivity contribution in [2.75, 3.05) is 32.8 Å². The quantitative estimate of drug-likeness (QED) is 0.785. The molecule has 1 aromatic heterocycles. The highest BCUT2D eigenvalue weighted by atomic mass is 16.5. The Morgan fingerprint density at radius 2 is 2.53 bits per heavy atom. The predicted molar refractivity (Wildman–Crippen MR) is 66.9 cm³/mol. The lowest BCUT2D eigenvalue weighted by Crippen LogP contribution is -2.46. The lowest BCUT2D eigenvalue weighted by atomic mass is 10.2. The van der Waals surface area contributed by atoms with E-state index >= 15 is 0 Å². The fraction of sp³-hybridized carbons (Fsp3) is 0.750. The number of aromatic nitrogens is 2. The number of H-pyrrole nitrogens is 1. The van der Waals surface area contributed by atoms with Crippen LogP contribution in [-0.4, -0.2) is 54.0 Å². The first kappa shape index (κ1) is 12.5. The minimum Gasteiger partial charge on any atom is -0.374 e. The van der Waals surface area contributed by atoms with Crippen LogP contribution in [0.25, 0.3) is 0 Å². The van der Waals surface area contributed by atoms with Gasteiger partial charge in [0, 0.05) is 37.4 Å². The van der Waals surface area contributed by atoms with Crippen molar-refractivity contribution in [2.24, 2.45) is 0 Å². The lowest BCUT2D eigenvalue weighted by molar-refractivity contribution is -0.0253. The van der Waals surface area contributed by atoms with Crippen molar-refractivity contribution < 1.29 is 4.74 Å². The number of nitrogens with zero attached hydrogens (tertiary/aromatic N) is 2. The van der Waals surface area contributed by atoms with Gasteiger partial charge in [-0.15, -0.1) is 0 Å². The standard InChI is InChI=1S/C12H22N4O/c1-3-16-4-5-17-12(9-16)8-13-6-11-7-14-15-10(11)2/h7,12-13H,3-6,8-9H2,1-2H3,(H,14,15). The molecule has 1 fully saturated rings. The Morgan fingerprint density at radius 3 is 3.24 bits per heavy atom. The van der Waals surface area contributed by atoms with E-state index in [4.69, 9.17) is 4.74 Å². The van der Waals surface area contributed by atoms with Crippen LogP contribution in [0.2, 0.25) is 0 Å². The summed E-state index contributed by atoms with van der Waals surface area (Å²) < 4.78 is 5.73. The van der Waals surface area contributed by atoms with E-state index in [9.17, 15) is 0 Å². The van der Waals surface area contributed by atoms with Gasteiger partial charge in [0.1, 0.15) is 0 Å². The molecule has 0 amide bonds. The van der Waals surface area contributed by atoms with Gasteiger partial charge in [-0.1, -0.05) is 6.92 Å². The molecule has 0 bridgehead atoms. The van der Waals surface area contributed by atoms with Gasteiger partial charge in [0.25, 0.3) is 0 Å². The normalized spacial score (nSPS) is 21.9. The van der Waals surface area contributed by atoms with Gasteiger partial charge in [-0.2, -0.15) is 5.10 Å². The molecule has 1 aromatic rings. The van der Waals surface area contributed by atoms with Crippen LogP contribution >= 0.6 is 0 Å². The molecule has 0 radical (unpaired) electrons. The van der Waals surface area contributed by atoms with Crippen LogP contribution in [-0.2, 0) is 11.3 Å². The van der Waals surface area contributed by atoms with Crippen LogP contribution in [0.4, 0.5) is 0 Å². The fourth-order valence-electron chi connectivity index (χ4n) is 2.11. The summed E-state index contributed by atoms with van der Waals surface area (Å²) in [7, 11) is 0. The summed E-state index contributed by atoms with van der Waals surface area (Å²) in [4.78, 5) is 2.43. The van der Waals surface area contributed by atoms with Gasteiger partial charge in [0.05, 0.1) is 18.9 Å². The number of aromatic amines is 1. The molecular weight excluding hydrogens is 216 g/mol. The van der Waals surface area contributed by atoms with Crippen LogP contribution in [0.1, 0.15) is 18.2 Å². The summed E-state index contributed by atoms with van der Waals surface area (Å²) in [5.41, 5.74) is 2.37. The Kier molecular flexibility index (Phi) is 4.53. The topological polar surface area (TPSA) is 53.2 Å². The highest BCUT2D eigenvalue weighted by molar-refractivity contribution is 5.13. The van der Waals surface area contributed by atoms with Crippen molar-refractivity contribution in [1.82, 2.24) is 20.4 Å². The van der Waals surface area contributed by atoms with Gasteiger partial charge < -0.3 is 10.1 Å². The molecule has 1 atom stereocenters. The zero-order valence-electron chi connectivity index (χ0n) is 10.7. The van der Waals surface area contributed by atoms with Crippen LogP contribution in [0.3, 0.4) is 0 Å². The summed E-state index contributed by atoms with van der Waals surface area (Å²) in [5.74, 6) is 0. The molecule has 1 aliphatic rings. The number of hydrogen-bond donors (Lipinski definition) is 2. The molecule has 5 nitrogen and oxygen atoms in total. The summed E-state index contributed by atoms with van der Waals surface area (Å²) in [5, 5.41) is 10.4. The number of rotatable bonds is 5. The maximum atomic E-state index is 5.73. The van der Waals surface area contributed by atoms with Crippen LogP contribution in [0.5, 0.6) is 0 Å². The number of morpholine rings is 1. The minimum atomic E-state index is 0.316. The van der Waals surface area contributed by atoms with Crippen molar-refractivity contribution in [3.05, 3.63) is 17.5 Å². The van der Waals surface area contributed by atoms with Gasteiger partial charge in [-0.25, -0.2) is 0 Å². The van der Waals surface area contributed by atoms with E-state index in [1.807, 2.05) is 13.1 Å². The molecule has 5 heteroatoms. The van der Waals surface area contributed by atoms with Crippen molar-refractivity contribution in [2.45, 2.75) is 26.5 Å². The SMILES string of the molecule is CCN1CCOC(CNCc2cn[nH]c2C)C1. The third kappa shape index (κ3) is 3.52. The lowest BCUT2D eigenvalue weighted by Gasteiger charge is -2.32. The maximum absolute atomic E-state index is 5.73. The molecule has 2 N–H and O–H groups in total. The van der Waals surface area contributed by atoms with E-state index in [-0.39, 0.29) is 0 Å². The Hall–Kier alpha value is -0.910. The van der Waals surface area contributed by atoms with Crippen molar-refractivity contribution in [3.8, 4) is 0 Å². The highest BCUT2D eigenvalue weighted by Gasteiger charge is 2.18. The summed E-state index contributed by atoms with van der Waals surface area (Å²) >= 11 is 0. The zero-order chi connectivity index (χ0) is 12.1. The van der Waals surface area contributed by atoms with E-state index in [1.54, 1.807) is 0 Å². The smallest absolute Gasteiger partial charge is 0.0826 e. The molecule has 0 saturated carbocycles. The molecule has 1 unspecified atom stereocenters. The molecule has 2 rings (SSSR count). The summed E-state index contributed by atoms with van der Waals surface area (Å²) in [6.07, 6.45) is 2.19. The first-order chi connectivity index (χ1) is 8.29. The Morgan fingerprint density at radius 1 is 1.65 bits per heavy atom. The number of ether oxygens (including phenoxy) is 1. The third-order valence-corrected chi connectivity index (χ3v) is 3.29. The molecule has 2 heterocycles. The molecule has 0 aliphatic carbocycles. The van der Waals surface area contributed by atoms with Gasteiger partial charge in [0.2, 0.25) is 0 Å². The second kappa shape index (κ2) is 6.14. The van der Waals surface area contributed by atoms with Crippen LogP contribution in [0.15, 0.2) is 6.20 Å². The number of hydrogen-bond acceptors (Lipinski definition) is 4. The van der Waals surface area contributed by atoms with Gasteiger partial charge >= 0.3 is 0 Å². The first-order valence-corrected chi connectivity index (χ1v) is 6.33. The Bertz CT molecular complexity index is 339. The van der Waals surface area contributed by atoms with Crippen LogP contribution < -0.4 is 5.32 Å². The minimum absolute atomic E-state index is 0.316. The zero-order valence-corrected chi connectivity index (χ0v) is 10.7. The molecule has 0 spiro atoms. The Labute approximate surface area is 103 Å². The highest BCUT2D eigenvalue weighted by Crippen LogP contribution is 2.05. The third-order valence-electron chi connectivity index (χ3n) is 3.29. The van der Waals surface area contributed by atoms with Crippen LogP contribution in [0, 0.1) is 6.92 Å². The maximum Gasteiger partial charge on any atom is 0.0826 e. The molecule has 96 valence electrons. The van der Waals surface area contributed by atoms with Gasteiger partial charge in [-0.05, 0) is 13.5 Å². The number of likely N-dealkylation sites (N-methyl/N-ethyl adjacent to an activating group) is 1. The summed E-state index contributed by atoms with van der Waals surface area (Å²) in [6.45, 7) is 10.1. The molecule has 1 aliphatic heterocycles. The second-order valence-electron chi connectivity index (χ2n) is 4.54. The van der Waals surface area contributed by atoms with E-state index in [2.05, 4.69) is 27.3 Å². The van der Waals surface area contributed by atoms with E-state index in [1.165, 1.54) is 5.56 Å².